The third-order valence-electron chi connectivity index (χ3n) is 5.39. The number of rotatable bonds is 6. The summed E-state index contributed by atoms with van der Waals surface area (Å²) in [6.07, 6.45) is -1.07. The maximum Gasteiger partial charge on any atom is 0.658 e. The average Bonchev–Trinajstić information content (AvgIpc) is 2.84. The molecule has 0 spiro atoms. The molecule has 0 bridgehead atoms. The number of ether oxygens (including phenoxy) is 2. The van der Waals surface area contributed by atoms with Crippen LogP contribution >= 0.6 is 0 Å². The number of carbonyl (C=O) groups excluding carboxylic acids is 2. The lowest BCUT2D eigenvalue weighted by molar-refractivity contribution is 0.0625. The summed E-state index contributed by atoms with van der Waals surface area (Å²) in [5.74, 6) is 1.10. The Morgan fingerprint density at radius 2 is 0.923 bits per heavy atom. The van der Waals surface area contributed by atoms with Gasteiger partial charge in [0, 0.05) is 21.5 Å². The minimum Gasteiger partial charge on any atom is -0.526 e. The molecular weight excluding hydrogens is 495 g/mol. The normalized spacial score (nSPS) is 11.5. The van der Waals surface area contributed by atoms with Gasteiger partial charge in [-0.25, -0.2) is 9.59 Å². The molecule has 0 unspecified atom stereocenters. The Morgan fingerprint density at radius 1 is 0.564 bits per heavy atom. The van der Waals surface area contributed by atoms with Gasteiger partial charge in [0.25, 0.3) is 0 Å². The molecule has 0 saturated carbocycles. The fourth-order valence-electron chi connectivity index (χ4n) is 3.92. The van der Waals surface area contributed by atoms with Crippen LogP contribution in [0.15, 0.2) is 72.8 Å². The summed E-state index contributed by atoms with van der Waals surface area (Å²) in [5, 5.41) is 8.76. The first-order valence-electron chi connectivity index (χ1n) is 12.6. The highest BCUT2D eigenvalue weighted by Crippen LogP contribution is 2.34. The smallest absolute Gasteiger partial charge is 0.526 e. The van der Waals surface area contributed by atoms with Crippen molar-refractivity contribution in [2.75, 3.05) is 10.6 Å². The van der Waals surface area contributed by atoms with Gasteiger partial charge in [-0.2, -0.15) is 0 Å². The van der Waals surface area contributed by atoms with E-state index in [4.69, 9.17) is 18.8 Å². The standard InChI is InChI=1S/C30H32BN2O6/c1-29(2,3)36-27(34)32-23-15-17-25(21-13-9-7-11-19(21)23)38-31-39-26-18-16-24(20-12-8-10-14-22(20)26)33-28(35)37-30(4,5)6/h7-18H,1-6H3,(H,32,34)(H,33,35). The monoisotopic (exact) mass is 527 g/mol. The molecule has 4 aromatic carbocycles. The van der Waals surface area contributed by atoms with Gasteiger partial charge < -0.3 is 18.8 Å². The van der Waals surface area contributed by atoms with Gasteiger partial charge in [-0.05, 0) is 65.8 Å². The van der Waals surface area contributed by atoms with E-state index in [2.05, 4.69) is 10.6 Å². The van der Waals surface area contributed by atoms with Crippen molar-refractivity contribution >= 4 is 52.8 Å². The number of anilines is 2. The zero-order valence-corrected chi connectivity index (χ0v) is 23.0. The van der Waals surface area contributed by atoms with E-state index in [1.54, 1.807) is 24.3 Å². The van der Waals surface area contributed by atoms with Gasteiger partial charge in [-0.1, -0.05) is 48.5 Å². The van der Waals surface area contributed by atoms with Crippen LogP contribution in [0.1, 0.15) is 41.5 Å². The fourth-order valence-corrected chi connectivity index (χ4v) is 3.92. The SMILES string of the molecule is CC(C)(C)OC(=O)Nc1ccc(O[B]Oc2ccc(NC(=O)OC(C)(C)C)c3ccccc23)c2ccccc12. The number of amides is 2. The van der Waals surface area contributed by atoms with Crippen LogP contribution in [0.25, 0.3) is 21.5 Å². The van der Waals surface area contributed by atoms with E-state index in [-0.39, 0.29) is 0 Å². The molecule has 8 nitrogen and oxygen atoms in total. The lowest BCUT2D eigenvalue weighted by Gasteiger charge is -2.20. The largest absolute Gasteiger partial charge is 0.658 e. The molecule has 201 valence electrons. The predicted octanol–water partition coefficient (Wildman–Crippen LogP) is 7.68. The van der Waals surface area contributed by atoms with Crippen molar-refractivity contribution in [2.45, 2.75) is 52.7 Å². The summed E-state index contributed by atoms with van der Waals surface area (Å²) >= 11 is 0. The summed E-state index contributed by atoms with van der Waals surface area (Å²) in [6.45, 7) is 10.9. The van der Waals surface area contributed by atoms with Gasteiger partial charge in [0.1, 0.15) is 22.7 Å². The van der Waals surface area contributed by atoms with Crippen molar-refractivity contribution in [3.63, 3.8) is 0 Å². The van der Waals surface area contributed by atoms with E-state index in [1.165, 1.54) is 7.69 Å². The molecule has 0 aromatic heterocycles. The summed E-state index contributed by atoms with van der Waals surface area (Å²) in [6, 6.07) is 22.1. The average molecular weight is 527 g/mol. The minimum atomic E-state index is -0.608. The molecule has 4 rings (SSSR count). The Morgan fingerprint density at radius 3 is 1.28 bits per heavy atom. The summed E-state index contributed by atoms with van der Waals surface area (Å²) in [5.41, 5.74) is -0.00771. The number of nitrogens with one attached hydrogen (secondary N) is 2. The Balaban J connectivity index is 1.49. The number of fused-ring (bicyclic) bond motifs is 2. The molecule has 0 aliphatic rings. The first-order valence-corrected chi connectivity index (χ1v) is 12.6. The van der Waals surface area contributed by atoms with E-state index < -0.39 is 23.4 Å². The molecule has 4 aromatic rings. The third kappa shape index (κ3) is 7.34. The zero-order chi connectivity index (χ0) is 28.2. The van der Waals surface area contributed by atoms with E-state index in [9.17, 15) is 9.59 Å². The highest BCUT2D eigenvalue weighted by Gasteiger charge is 2.19. The van der Waals surface area contributed by atoms with Crippen LogP contribution in [0.5, 0.6) is 11.5 Å². The van der Waals surface area contributed by atoms with E-state index in [1.807, 2.05) is 90.1 Å². The molecule has 39 heavy (non-hydrogen) atoms. The molecule has 0 saturated heterocycles. The second-order valence-corrected chi connectivity index (χ2v) is 10.9. The van der Waals surface area contributed by atoms with Crippen LogP contribution < -0.4 is 19.9 Å². The van der Waals surface area contributed by atoms with Crippen molar-refractivity contribution < 1.29 is 28.4 Å². The Kier molecular flexibility index (Phi) is 7.90. The van der Waals surface area contributed by atoms with Gasteiger partial charge in [0.05, 0.1) is 11.4 Å². The van der Waals surface area contributed by atoms with Gasteiger partial charge in [0.2, 0.25) is 0 Å². The maximum absolute atomic E-state index is 12.3. The molecule has 0 fully saturated rings. The second-order valence-electron chi connectivity index (χ2n) is 10.9. The molecule has 1 radical (unpaired) electrons. The Hall–Kier alpha value is -4.40. The zero-order valence-electron chi connectivity index (χ0n) is 23.0. The molecule has 2 N–H and O–H groups in total. The number of hydrogen-bond acceptors (Lipinski definition) is 6. The summed E-state index contributed by atoms with van der Waals surface area (Å²) < 4.78 is 22.5. The van der Waals surface area contributed by atoms with Crippen LogP contribution in [0.2, 0.25) is 0 Å². The third-order valence-corrected chi connectivity index (χ3v) is 5.39. The van der Waals surface area contributed by atoms with Crippen LogP contribution in [-0.4, -0.2) is 31.1 Å². The highest BCUT2D eigenvalue weighted by molar-refractivity contribution is 6.22. The molecule has 0 heterocycles. The van der Waals surface area contributed by atoms with Crippen molar-refractivity contribution in [3.05, 3.63) is 72.8 Å². The topological polar surface area (TPSA) is 95.1 Å². The van der Waals surface area contributed by atoms with Gasteiger partial charge >= 0.3 is 19.9 Å². The van der Waals surface area contributed by atoms with Gasteiger partial charge in [0.15, 0.2) is 0 Å². The van der Waals surface area contributed by atoms with E-state index in [0.717, 1.165) is 21.5 Å². The van der Waals surface area contributed by atoms with Crippen LogP contribution in [0.4, 0.5) is 21.0 Å². The molecule has 0 aliphatic heterocycles. The first-order chi connectivity index (χ1) is 18.4. The molecule has 2 amide bonds. The van der Waals surface area contributed by atoms with E-state index >= 15 is 0 Å². The molecule has 0 aliphatic carbocycles. The van der Waals surface area contributed by atoms with Crippen molar-refractivity contribution in [2.24, 2.45) is 0 Å². The number of benzene rings is 4. The second kappa shape index (κ2) is 11.1. The quantitative estimate of drug-likeness (QED) is 0.250. The van der Waals surface area contributed by atoms with Gasteiger partial charge in [-0.3, -0.25) is 10.6 Å². The van der Waals surface area contributed by atoms with Crippen molar-refractivity contribution in [3.8, 4) is 11.5 Å². The Bertz CT molecular complexity index is 1390. The maximum atomic E-state index is 12.3. The number of hydrogen-bond donors (Lipinski definition) is 2. The van der Waals surface area contributed by atoms with Crippen LogP contribution in [0, 0.1) is 0 Å². The number of carbonyl (C=O) groups is 2. The van der Waals surface area contributed by atoms with E-state index in [0.29, 0.717) is 22.9 Å². The Labute approximate surface area is 228 Å². The molecule has 9 heteroatoms. The van der Waals surface area contributed by atoms with Crippen molar-refractivity contribution in [1.29, 1.82) is 0 Å². The molecule has 0 atom stereocenters. The summed E-state index contributed by atoms with van der Waals surface area (Å²) in [4.78, 5) is 24.6. The van der Waals surface area contributed by atoms with Crippen LogP contribution in [0.3, 0.4) is 0 Å². The lowest BCUT2D eigenvalue weighted by atomic mass is 10.1. The van der Waals surface area contributed by atoms with Crippen molar-refractivity contribution in [1.82, 2.24) is 0 Å². The van der Waals surface area contributed by atoms with Gasteiger partial charge in [-0.15, -0.1) is 0 Å². The lowest BCUT2D eigenvalue weighted by Crippen LogP contribution is -2.27. The molecular formula is C30H32BN2O6. The predicted molar refractivity (Wildman–Crippen MR) is 155 cm³/mol. The summed E-state index contributed by atoms with van der Waals surface area (Å²) in [7, 11) is 1.26. The van der Waals surface area contributed by atoms with Crippen LogP contribution in [-0.2, 0) is 9.47 Å². The first kappa shape index (κ1) is 27.6. The minimum absolute atomic E-state index is 0.535. The highest BCUT2D eigenvalue weighted by atomic mass is 16.6. The fraction of sp³-hybridized carbons (Fsp3) is 0.267.